The van der Waals surface area contributed by atoms with E-state index in [9.17, 15) is 24.9 Å². The zero-order valence-corrected chi connectivity index (χ0v) is 24.7. The molecular formula is C32H50O6. The van der Waals surface area contributed by atoms with Gasteiger partial charge >= 0.3 is 11.9 Å². The van der Waals surface area contributed by atoms with Gasteiger partial charge in [-0.15, -0.1) is 0 Å². The third-order valence-corrected chi connectivity index (χ3v) is 12.0. The van der Waals surface area contributed by atoms with Crippen LogP contribution in [0, 0.1) is 45.8 Å². The Balaban J connectivity index is 1.85. The lowest BCUT2D eigenvalue weighted by Crippen LogP contribution is -2.69. The molecule has 4 fully saturated rings. The predicted octanol–water partition coefficient (Wildman–Crippen LogP) is 5.91. The average Bonchev–Trinajstić information content (AvgIpc) is 3.09. The number of rotatable bonds is 5. The molecule has 4 saturated carbocycles. The van der Waals surface area contributed by atoms with Crippen molar-refractivity contribution in [1.29, 1.82) is 0 Å². The topological polar surface area (TPSA) is 104 Å². The Bertz CT molecular complexity index is 1020. The van der Waals surface area contributed by atoms with E-state index >= 15 is 0 Å². The molecule has 11 atom stereocenters. The van der Waals surface area contributed by atoms with Crippen LogP contribution in [0.1, 0.15) is 100 Å². The molecule has 0 aromatic rings. The number of fused-ring (bicyclic) bond motifs is 5. The summed E-state index contributed by atoms with van der Waals surface area (Å²) in [6.07, 6.45) is 5.52. The fourth-order valence-corrected chi connectivity index (χ4v) is 10.4. The number of carboxylic acids is 1. The number of hydrogen-bond donors (Lipinski definition) is 3. The van der Waals surface area contributed by atoms with E-state index in [0.29, 0.717) is 24.8 Å². The van der Waals surface area contributed by atoms with Gasteiger partial charge in [0.15, 0.2) is 0 Å². The summed E-state index contributed by atoms with van der Waals surface area (Å²) in [6, 6.07) is 0. The molecule has 214 valence electrons. The predicted molar refractivity (Wildman–Crippen MR) is 147 cm³/mol. The molecule has 0 radical (unpaired) electrons. The molecule has 4 aliphatic rings. The number of carbonyl (C=O) groups is 2. The molecular weight excluding hydrogens is 480 g/mol. The van der Waals surface area contributed by atoms with Crippen molar-refractivity contribution < 1.29 is 29.6 Å². The highest BCUT2D eigenvalue weighted by molar-refractivity contribution is 5.88. The van der Waals surface area contributed by atoms with Gasteiger partial charge in [-0.3, -0.25) is 4.79 Å². The van der Waals surface area contributed by atoms with Crippen molar-refractivity contribution in [2.24, 2.45) is 45.8 Å². The van der Waals surface area contributed by atoms with E-state index in [1.165, 1.54) is 6.92 Å². The molecule has 3 N–H and O–H groups in total. The van der Waals surface area contributed by atoms with Gasteiger partial charge in [-0.05, 0) is 105 Å². The number of hydrogen-bond acceptors (Lipinski definition) is 5. The van der Waals surface area contributed by atoms with Crippen LogP contribution in [0.5, 0.6) is 0 Å². The second-order valence-electron chi connectivity index (χ2n) is 14.0. The van der Waals surface area contributed by atoms with E-state index in [2.05, 4.69) is 40.7 Å². The summed E-state index contributed by atoms with van der Waals surface area (Å²) < 4.78 is 5.90. The number of carbonyl (C=O) groups excluding carboxylic acids is 1. The highest BCUT2D eigenvalue weighted by Gasteiger charge is 2.72. The summed E-state index contributed by atoms with van der Waals surface area (Å²) in [4.78, 5) is 24.9. The zero-order valence-electron chi connectivity index (χ0n) is 24.7. The number of aliphatic hydroxyl groups excluding tert-OH is 2. The van der Waals surface area contributed by atoms with Crippen molar-refractivity contribution in [3.05, 3.63) is 22.8 Å². The van der Waals surface area contributed by atoms with Crippen LogP contribution in [0.4, 0.5) is 0 Å². The fourth-order valence-electron chi connectivity index (χ4n) is 10.4. The molecule has 0 spiro atoms. The van der Waals surface area contributed by atoms with E-state index < -0.39 is 35.0 Å². The first-order valence-electron chi connectivity index (χ1n) is 14.7. The van der Waals surface area contributed by atoms with Gasteiger partial charge in [0.05, 0.1) is 12.2 Å². The molecule has 4 rings (SSSR count). The minimum atomic E-state index is -0.935. The Morgan fingerprint density at radius 1 is 1.03 bits per heavy atom. The monoisotopic (exact) mass is 530 g/mol. The van der Waals surface area contributed by atoms with Crippen molar-refractivity contribution >= 4 is 11.9 Å². The van der Waals surface area contributed by atoms with Gasteiger partial charge in [-0.2, -0.15) is 0 Å². The van der Waals surface area contributed by atoms with Crippen molar-refractivity contribution in [2.45, 2.75) is 119 Å². The summed E-state index contributed by atoms with van der Waals surface area (Å²) in [5.74, 6) is -0.828. The number of ether oxygens (including phenoxy) is 1. The molecule has 0 bridgehead atoms. The van der Waals surface area contributed by atoms with Gasteiger partial charge in [-0.25, -0.2) is 4.79 Å². The van der Waals surface area contributed by atoms with Gasteiger partial charge in [0.25, 0.3) is 0 Å². The largest absolute Gasteiger partial charge is 0.478 e. The number of aliphatic hydroxyl groups is 2. The van der Waals surface area contributed by atoms with Crippen LogP contribution in [0.3, 0.4) is 0 Å². The fraction of sp³-hybridized carbons (Fsp3) is 0.812. The Labute approximate surface area is 228 Å². The van der Waals surface area contributed by atoms with Crippen LogP contribution in [-0.2, 0) is 14.3 Å². The van der Waals surface area contributed by atoms with E-state index in [-0.39, 0.29) is 41.1 Å². The van der Waals surface area contributed by atoms with Gasteiger partial charge < -0.3 is 20.1 Å². The number of aliphatic carboxylic acids is 1. The van der Waals surface area contributed by atoms with E-state index in [1.54, 1.807) is 0 Å². The third-order valence-electron chi connectivity index (χ3n) is 12.0. The quantitative estimate of drug-likeness (QED) is 0.232. The molecule has 0 heterocycles. The summed E-state index contributed by atoms with van der Waals surface area (Å²) >= 11 is 0. The van der Waals surface area contributed by atoms with Crippen LogP contribution < -0.4 is 0 Å². The standard InChI is InChI=1S/C32H50O6/c1-17(2)10-9-11-21(29(36)37)26-22-12-13-25-30(6)15-14-23(34)18(3)27(30)19(4)28(35)32(25,8)31(22,7)16-24(26)38-20(5)33/h10,18-19,22-25,27-28,34-35H,9,11-16H2,1-8H3,(H,36,37)/b26-21-. The van der Waals surface area contributed by atoms with Crippen LogP contribution in [-0.4, -0.2) is 45.6 Å². The second-order valence-corrected chi connectivity index (χ2v) is 14.0. The van der Waals surface area contributed by atoms with Gasteiger partial charge in [-0.1, -0.05) is 46.3 Å². The molecule has 0 saturated heterocycles. The third kappa shape index (κ3) is 4.20. The molecule has 6 nitrogen and oxygen atoms in total. The Hall–Kier alpha value is -1.66. The SMILES string of the molecule is CC(=O)OC1CC2(C)C(CCC3C4(C)CCC(O)C(C)C4C(C)C(O)C32C)/C1=C(\CCC=C(C)C)C(=O)O. The number of carboxylic acid groups (broad SMARTS) is 1. The smallest absolute Gasteiger partial charge is 0.331 e. The van der Waals surface area contributed by atoms with Crippen LogP contribution in [0.15, 0.2) is 22.8 Å². The van der Waals surface area contributed by atoms with E-state index in [1.807, 2.05) is 13.8 Å². The van der Waals surface area contributed by atoms with E-state index in [0.717, 1.165) is 36.8 Å². The molecule has 11 unspecified atom stereocenters. The van der Waals surface area contributed by atoms with Crippen molar-refractivity contribution in [3.63, 3.8) is 0 Å². The molecule has 0 amide bonds. The van der Waals surface area contributed by atoms with Crippen LogP contribution in [0.2, 0.25) is 0 Å². The normalized spacial score (nSPS) is 47.3. The molecule has 0 aliphatic heterocycles. The number of esters is 1. The highest BCUT2D eigenvalue weighted by atomic mass is 16.5. The second kappa shape index (κ2) is 10.1. The Morgan fingerprint density at radius 2 is 1.68 bits per heavy atom. The minimum Gasteiger partial charge on any atom is -0.478 e. The summed E-state index contributed by atoms with van der Waals surface area (Å²) in [6.45, 7) is 16.5. The van der Waals surface area contributed by atoms with E-state index in [4.69, 9.17) is 4.74 Å². The van der Waals surface area contributed by atoms with Crippen molar-refractivity contribution in [3.8, 4) is 0 Å². The van der Waals surface area contributed by atoms with Crippen molar-refractivity contribution in [1.82, 2.24) is 0 Å². The first kappa shape index (κ1) is 29.3. The highest BCUT2D eigenvalue weighted by Crippen LogP contribution is 2.75. The van der Waals surface area contributed by atoms with Gasteiger partial charge in [0.2, 0.25) is 0 Å². The zero-order chi connectivity index (χ0) is 28.4. The lowest BCUT2D eigenvalue weighted by Gasteiger charge is -2.71. The molecule has 0 aromatic heterocycles. The molecule has 0 aromatic carbocycles. The maximum atomic E-state index is 12.7. The maximum absolute atomic E-state index is 12.7. The summed E-state index contributed by atoms with van der Waals surface area (Å²) in [5, 5.41) is 33.3. The van der Waals surface area contributed by atoms with Gasteiger partial charge in [0, 0.05) is 17.9 Å². The first-order valence-corrected chi connectivity index (χ1v) is 14.7. The summed E-state index contributed by atoms with van der Waals surface area (Å²) in [5.41, 5.74) is 1.37. The Kier molecular flexibility index (Phi) is 7.77. The number of allylic oxidation sites excluding steroid dienone is 2. The lowest BCUT2D eigenvalue weighted by atomic mass is 9.34. The lowest BCUT2D eigenvalue weighted by molar-refractivity contribution is -0.267. The minimum absolute atomic E-state index is 0.00130. The molecule has 6 heteroatoms. The maximum Gasteiger partial charge on any atom is 0.331 e. The van der Waals surface area contributed by atoms with Crippen LogP contribution in [0.25, 0.3) is 0 Å². The van der Waals surface area contributed by atoms with Crippen LogP contribution >= 0.6 is 0 Å². The molecule has 4 aliphatic carbocycles. The Morgan fingerprint density at radius 3 is 2.26 bits per heavy atom. The van der Waals surface area contributed by atoms with Gasteiger partial charge in [0.1, 0.15) is 6.10 Å². The first-order chi connectivity index (χ1) is 17.6. The van der Waals surface area contributed by atoms with Crippen molar-refractivity contribution in [2.75, 3.05) is 0 Å². The average molecular weight is 531 g/mol. The molecule has 38 heavy (non-hydrogen) atoms. The summed E-state index contributed by atoms with van der Waals surface area (Å²) in [7, 11) is 0.